The Morgan fingerprint density at radius 2 is 2.14 bits per heavy atom. The fraction of sp³-hybridized carbons (Fsp3) is 0.385. The highest BCUT2D eigenvalue weighted by Crippen LogP contribution is 2.32. The van der Waals surface area contributed by atoms with Crippen molar-refractivity contribution in [2.45, 2.75) is 26.3 Å². The molecule has 5 nitrogen and oxygen atoms in total. The minimum Gasteiger partial charge on any atom is -0.481 e. The van der Waals surface area contributed by atoms with E-state index in [0.717, 1.165) is 6.07 Å². The molecule has 1 aromatic rings. The Bertz CT molecular complexity index is 533. The number of hydrogen-bond acceptors (Lipinski definition) is 2. The summed E-state index contributed by atoms with van der Waals surface area (Å²) in [6.45, 7) is 3.70. The fourth-order valence-corrected chi connectivity index (χ4v) is 2.76. The fourth-order valence-electron chi connectivity index (χ4n) is 1.86. The second-order valence-electron chi connectivity index (χ2n) is 4.41. The Hall–Kier alpha value is -1.34. The van der Waals surface area contributed by atoms with Crippen molar-refractivity contribution in [3.8, 4) is 0 Å². The Morgan fingerprint density at radius 1 is 1.52 bits per heavy atom. The number of rotatable bonds is 5. The second kappa shape index (κ2) is 7.61. The lowest BCUT2D eigenvalue weighted by Crippen LogP contribution is -2.42. The maximum Gasteiger partial charge on any atom is 0.322 e. The minimum atomic E-state index is -0.991. The number of anilines is 1. The van der Waals surface area contributed by atoms with Crippen LogP contribution in [0.4, 0.5) is 14.9 Å². The number of benzene rings is 1. The maximum atomic E-state index is 13.1. The van der Waals surface area contributed by atoms with E-state index in [4.69, 9.17) is 16.7 Å². The number of nitrogens with zero attached hydrogens (tertiary/aromatic N) is 1. The highest BCUT2D eigenvalue weighted by atomic mass is 79.9. The topological polar surface area (TPSA) is 69.6 Å². The smallest absolute Gasteiger partial charge is 0.322 e. The van der Waals surface area contributed by atoms with Gasteiger partial charge < -0.3 is 15.3 Å². The number of amides is 2. The molecule has 0 bridgehead atoms. The van der Waals surface area contributed by atoms with E-state index in [1.165, 1.54) is 11.0 Å². The first-order valence-electron chi connectivity index (χ1n) is 6.20. The lowest BCUT2D eigenvalue weighted by molar-refractivity contribution is -0.137. The van der Waals surface area contributed by atoms with Crippen LogP contribution in [0.3, 0.4) is 0 Å². The van der Waals surface area contributed by atoms with E-state index in [1.807, 2.05) is 0 Å². The van der Waals surface area contributed by atoms with Crippen LogP contribution in [-0.4, -0.2) is 34.6 Å². The molecule has 0 aliphatic carbocycles. The second-order valence-corrected chi connectivity index (χ2v) is 5.67. The average Bonchev–Trinajstić information content (AvgIpc) is 2.33. The highest BCUT2D eigenvalue weighted by molar-refractivity contribution is 9.10. The van der Waals surface area contributed by atoms with Gasteiger partial charge in [0.05, 0.1) is 17.1 Å². The molecular formula is C13H15BrClFN2O3. The summed E-state index contributed by atoms with van der Waals surface area (Å²) >= 11 is 9.02. The van der Waals surface area contributed by atoms with Crippen molar-refractivity contribution in [3.63, 3.8) is 0 Å². The summed E-state index contributed by atoms with van der Waals surface area (Å²) in [5.74, 6) is -1.52. The third-order valence-corrected chi connectivity index (χ3v) is 3.77. The van der Waals surface area contributed by atoms with Gasteiger partial charge in [-0.25, -0.2) is 9.18 Å². The van der Waals surface area contributed by atoms with Gasteiger partial charge in [0.25, 0.3) is 0 Å². The van der Waals surface area contributed by atoms with Crippen LogP contribution in [0.1, 0.15) is 20.3 Å². The molecule has 1 aromatic carbocycles. The molecule has 0 aliphatic rings. The Morgan fingerprint density at radius 3 is 2.62 bits per heavy atom. The molecule has 116 valence electrons. The Kier molecular flexibility index (Phi) is 6.42. The van der Waals surface area contributed by atoms with Crippen molar-refractivity contribution < 1.29 is 19.1 Å². The molecule has 2 amide bonds. The molecule has 1 atom stereocenters. The molecule has 0 heterocycles. The van der Waals surface area contributed by atoms with Crippen molar-refractivity contribution in [3.05, 3.63) is 27.4 Å². The zero-order chi connectivity index (χ0) is 16.2. The standard InChI is InChI=1S/C13H15BrClFN2O3/c1-3-18(7(2)4-11(19)20)13(21)17-12-9(14)5-8(16)6-10(12)15/h5-7H,3-4H2,1-2H3,(H,17,21)(H,19,20). The number of nitrogens with one attached hydrogen (secondary N) is 1. The van der Waals surface area contributed by atoms with Crippen molar-refractivity contribution >= 4 is 45.2 Å². The van der Waals surface area contributed by atoms with Crippen LogP contribution >= 0.6 is 27.5 Å². The van der Waals surface area contributed by atoms with Crippen molar-refractivity contribution in [2.24, 2.45) is 0 Å². The quantitative estimate of drug-likeness (QED) is 0.811. The van der Waals surface area contributed by atoms with E-state index < -0.39 is 23.9 Å². The predicted octanol–water partition coefficient (Wildman–Crippen LogP) is 3.96. The van der Waals surface area contributed by atoms with Gasteiger partial charge in [0.15, 0.2) is 0 Å². The first-order valence-corrected chi connectivity index (χ1v) is 7.37. The Labute approximate surface area is 135 Å². The van der Waals surface area contributed by atoms with Crippen LogP contribution in [0.2, 0.25) is 5.02 Å². The number of aliphatic carboxylic acids is 1. The monoisotopic (exact) mass is 380 g/mol. The van der Waals surface area contributed by atoms with Crippen LogP contribution in [0.25, 0.3) is 0 Å². The van der Waals surface area contributed by atoms with Gasteiger partial charge in [-0.05, 0) is 41.9 Å². The third-order valence-electron chi connectivity index (χ3n) is 2.84. The van der Waals surface area contributed by atoms with E-state index in [2.05, 4.69) is 21.2 Å². The third kappa shape index (κ3) is 4.86. The van der Waals surface area contributed by atoms with E-state index in [9.17, 15) is 14.0 Å². The van der Waals surface area contributed by atoms with Gasteiger partial charge in [0.2, 0.25) is 0 Å². The summed E-state index contributed by atoms with van der Waals surface area (Å²) in [7, 11) is 0. The summed E-state index contributed by atoms with van der Waals surface area (Å²) in [5.41, 5.74) is 0.240. The zero-order valence-electron chi connectivity index (χ0n) is 11.5. The van der Waals surface area contributed by atoms with Gasteiger partial charge in [-0.1, -0.05) is 11.6 Å². The zero-order valence-corrected chi connectivity index (χ0v) is 13.8. The summed E-state index contributed by atoms with van der Waals surface area (Å²) in [6.07, 6.45) is -0.167. The molecule has 0 spiro atoms. The Balaban J connectivity index is 2.91. The summed E-state index contributed by atoms with van der Waals surface area (Å²) in [6, 6.07) is 1.28. The number of carboxylic acid groups (broad SMARTS) is 1. The lowest BCUT2D eigenvalue weighted by Gasteiger charge is -2.27. The molecule has 0 fully saturated rings. The van der Waals surface area contributed by atoms with E-state index in [1.54, 1.807) is 13.8 Å². The largest absolute Gasteiger partial charge is 0.481 e. The van der Waals surface area contributed by atoms with Crippen molar-refractivity contribution in [2.75, 3.05) is 11.9 Å². The predicted molar refractivity (Wildman–Crippen MR) is 82.2 cm³/mol. The molecule has 8 heteroatoms. The molecule has 0 aromatic heterocycles. The molecule has 0 radical (unpaired) electrons. The van der Waals surface area contributed by atoms with Crippen LogP contribution < -0.4 is 5.32 Å². The van der Waals surface area contributed by atoms with Crippen LogP contribution in [0.15, 0.2) is 16.6 Å². The van der Waals surface area contributed by atoms with Gasteiger partial charge in [-0.15, -0.1) is 0 Å². The van der Waals surface area contributed by atoms with Crippen LogP contribution in [-0.2, 0) is 4.79 Å². The van der Waals surface area contributed by atoms with Crippen molar-refractivity contribution in [1.29, 1.82) is 0 Å². The first kappa shape index (κ1) is 17.7. The maximum absolute atomic E-state index is 13.1. The molecule has 1 unspecified atom stereocenters. The number of carbonyl (C=O) groups excluding carboxylic acids is 1. The molecule has 0 aliphatic heterocycles. The van der Waals surface area contributed by atoms with E-state index in [-0.39, 0.29) is 17.1 Å². The number of carboxylic acids is 1. The van der Waals surface area contributed by atoms with Gasteiger partial charge >= 0.3 is 12.0 Å². The lowest BCUT2D eigenvalue weighted by atomic mass is 10.2. The number of halogens is 3. The molecule has 2 N–H and O–H groups in total. The SMILES string of the molecule is CCN(C(=O)Nc1c(Cl)cc(F)cc1Br)C(C)CC(=O)O. The molecule has 1 rings (SSSR count). The summed E-state index contributed by atoms with van der Waals surface area (Å²) < 4.78 is 13.4. The highest BCUT2D eigenvalue weighted by Gasteiger charge is 2.22. The molecule has 0 saturated heterocycles. The summed E-state index contributed by atoms with van der Waals surface area (Å²) in [5, 5.41) is 11.4. The van der Waals surface area contributed by atoms with E-state index in [0.29, 0.717) is 11.0 Å². The van der Waals surface area contributed by atoms with Gasteiger partial charge in [0, 0.05) is 17.1 Å². The van der Waals surface area contributed by atoms with E-state index >= 15 is 0 Å². The molecular weight excluding hydrogens is 367 g/mol. The van der Waals surface area contributed by atoms with Gasteiger partial charge in [-0.3, -0.25) is 4.79 Å². The minimum absolute atomic E-state index is 0.0529. The summed E-state index contributed by atoms with van der Waals surface area (Å²) in [4.78, 5) is 24.3. The normalized spacial score (nSPS) is 11.9. The van der Waals surface area contributed by atoms with Crippen LogP contribution in [0, 0.1) is 5.82 Å². The number of hydrogen-bond donors (Lipinski definition) is 2. The van der Waals surface area contributed by atoms with Gasteiger partial charge in [0.1, 0.15) is 5.82 Å². The average molecular weight is 382 g/mol. The van der Waals surface area contributed by atoms with Gasteiger partial charge in [-0.2, -0.15) is 0 Å². The first-order chi connectivity index (χ1) is 9.76. The number of carbonyl (C=O) groups is 2. The number of urea groups is 1. The van der Waals surface area contributed by atoms with Crippen LogP contribution in [0.5, 0.6) is 0 Å². The molecule has 21 heavy (non-hydrogen) atoms. The van der Waals surface area contributed by atoms with Crippen molar-refractivity contribution in [1.82, 2.24) is 4.90 Å². The molecule has 0 saturated carbocycles.